The van der Waals surface area contributed by atoms with Crippen molar-refractivity contribution in [2.24, 2.45) is 0 Å². The number of thiophene rings is 1. The monoisotopic (exact) mass is 435 g/mol. The Bertz CT molecular complexity index is 1080. The van der Waals surface area contributed by atoms with Crippen LogP contribution in [0.3, 0.4) is 0 Å². The van der Waals surface area contributed by atoms with Crippen LogP contribution in [0, 0.1) is 0 Å². The Balaban J connectivity index is 1.34. The molecule has 31 heavy (non-hydrogen) atoms. The Kier molecular flexibility index (Phi) is 6.34. The van der Waals surface area contributed by atoms with Crippen LogP contribution in [-0.4, -0.2) is 36.9 Å². The van der Waals surface area contributed by atoms with E-state index in [9.17, 15) is 9.59 Å². The SMILES string of the molecule is COc1ccccc1NC(=O)c1ccc(NC(=O)CN2CCc3sccc3C2C)cc1. The number of methoxy groups -OCH3 is 1. The average molecular weight is 436 g/mol. The van der Waals surface area contributed by atoms with Gasteiger partial charge in [0.25, 0.3) is 5.91 Å². The van der Waals surface area contributed by atoms with Gasteiger partial charge in [0.05, 0.1) is 19.3 Å². The van der Waals surface area contributed by atoms with Gasteiger partial charge in [0, 0.05) is 28.7 Å². The summed E-state index contributed by atoms with van der Waals surface area (Å²) in [5, 5.41) is 7.90. The van der Waals surface area contributed by atoms with E-state index in [0.29, 0.717) is 29.2 Å². The molecule has 1 unspecified atom stereocenters. The van der Waals surface area contributed by atoms with Crippen molar-refractivity contribution in [1.29, 1.82) is 0 Å². The standard InChI is InChI=1S/C24H25N3O3S/c1-16-19-12-14-31-22(19)11-13-27(16)15-23(28)25-18-9-7-17(8-10-18)24(29)26-20-5-3-4-6-21(20)30-2/h3-10,12,14,16H,11,13,15H2,1-2H3,(H,25,28)(H,26,29). The Morgan fingerprint density at radius 3 is 2.65 bits per heavy atom. The van der Waals surface area contributed by atoms with Gasteiger partial charge in [-0.2, -0.15) is 0 Å². The molecule has 0 fully saturated rings. The van der Waals surface area contributed by atoms with Crippen LogP contribution < -0.4 is 15.4 Å². The van der Waals surface area contributed by atoms with E-state index < -0.39 is 0 Å². The number of carbonyl (C=O) groups is 2. The lowest BCUT2D eigenvalue weighted by Gasteiger charge is -2.32. The van der Waals surface area contributed by atoms with E-state index in [2.05, 4.69) is 33.9 Å². The van der Waals surface area contributed by atoms with Crippen molar-refractivity contribution in [3.8, 4) is 5.75 Å². The lowest BCUT2D eigenvalue weighted by atomic mass is 10.0. The smallest absolute Gasteiger partial charge is 0.255 e. The average Bonchev–Trinajstić information content (AvgIpc) is 3.26. The first-order valence-electron chi connectivity index (χ1n) is 10.2. The first kappa shape index (κ1) is 21.1. The van der Waals surface area contributed by atoms with Crippen molar-refractivity contribution in [3.05, 3.63) is 76.0 Å². The minimum atomic E-state index is -0.240. The molecule has 7 heteroatoms. The summed E-state index contributed by atoms with van der Waals surface area (Å²) in [4.78, 5) is 28.7. The molecule has 0 bridgehead atoms. The maximum Gasteiger partial charge on any atom is 0.255 e. The van der Waals surface area contributed by atoms with Crippen molar-refractivity contribution in [2.45, 2.75) is 19.4 Å². The van der Waals surface area contributed by atoms with Crippen LogP contribution in [0.25, 0.3) is 0 Å². The predicted octanol–water partition coefficient (Wildman–Crippen LogP) is 4.57. The maximum absolute atomic E-state index is 12.6. The second kappa shape index (κ2) is 9.32. The van der Waals surface area contributed by atoms with Gasteiger partial charge in [0.15, 0.2) is 0 Å². The zero-order valence-electron chi connectivity index (χ0n) is 17.6. The second-order valence-electron chi connectivity index (χ2n) is 7.48. The van der Waals surface area contributed by atoms with Crippen molar-refractivity contribution >= 4 is 34.5 Å². The molecule has 4 rings (SSSR count). The first-order chi connectivity index (χ1) is 15.0. The zero-order valence-corrected chi connectivity index (χ0v) is 18.4. The minimum absolute atomic E-state index is 0.0586. The molecule has 0 radical (unpaired) electrons. The number of carbonyl (C=O) groups excluding carboxylic acids is 2. The van der Waals surface area contributed by atoms with E-state index in [1.54, 1.807) is 54.8 Å². The summed E-state index contributed by atoms with van der Waals surface area (Å²) in [6.07, 6.45) is 0.987. The number of para-hydroxylation sites is 2. The molecule has 1 aromatic heterocycles. The summed E-state index contributed by atoms with van der Waals surface area (Å²) in [5.41, 5.74) is 3.10. The van der Waals surface area contributed by atoms with Crippen molar-refractivity contribution in [2.75, 3.05) is 30.8 Å². The molecule has 6 nitrogen and oxygen atoms in total. The molecule has 0 saturated carbocycles. The van der Waals surface area contributed by atoms with Crippen LogP contribution in [0.1, 0.15) is 33.8 Å². The molecule has 2 aromatic carbocycles. The van der Waals surface area contributed by atoms with Crippen LogP contribution in [0.4, 0.5) is 11.4 Å². The highest BCUT2D eigenvalue weighted by atomic mass is 32.1. The summed E-state index contributed by atoms with van der Waals surface area (Å²) in [5.74, 6) is 0.300. The molecule has 0 aliphatic carbocycles. The van der Waals surface area contributed by atoms with E-state index in [0.717, 1.165) is 13.0 Å². The molecule has 2 heterocycles. The fourth-order valence-electron chi connectivity index (χ4n) is 3.81. The summed E-state index contributed by atoms with van der Waals surface area (Å²) in [6, 6.07) is 16.5. The minimum Gasteiger partial charge on any atom is -0.495 e. The van der Waals surface area contributed by atoms with Crippen LogP contribution in [0.15, 0.2) is 60.0 Å². The number of amides is 2. The van der Waals surface area contributed by atoms with Gasteiger partial charge in [0.2, 0.25) is 5.91 Å². The maximum atomic E-state index is 12.6. The number of hydrogen-bond acceptors (Lipinski definition) is 5. The zero-order chi connectivity index (χ0) is 21.8. The van der Waals surface area contributed by atoms with Gasteiger partial charge in [0.1, 0.15) is 5.75 Å². The van der Waals surface area contributed by atoms with Crippen LogP contribution >= 0.6 is 11.3 Å². The fourth-order valence-corrected chi connectivity index (χ4v) is 4.77. The van der Waals surface area contributed by atoms with Gasteiger partial charge in [-0.05, 0) is 66.8 Å². The number of hydrogen-bond donors (Lipinski definition) is 2. The molecular formula is C24H25N3O3S. The number of fused-ring (bicyclic) bond motifs is 1. The van der Waals surface area contributed by atoms with E-state index in [4.69, 9.17) is 4.74 Å². The van der Waals surface area contributed by atoms with Gasteiger partial charge in [-0.15, -0.1) is 11.3 Å². The van der Waals surface area contributed by atoms with Crippen molar-refractivity contribution in [1.82, 2.24) is 4.90 Å². The molecule has 1 aliphatic heterocycles. The Labute approximate surface area is 185 Å². The molecule has 1 atom stereocenters. The van der Waals surface area contributed by atoms with Crippen molar-refractivity contribution < 1.29 is 14.3 Å². The molecule has 3 aromatic rings. The highest BCUT2D eigenvalue weighted by Gasteiger charge is 2.26. The number of nitrogens with one attached hydrogen (secondary N) is 2. The summed E-state index contributed by atoms with van der Waals surface area (Å²) in [6.45, 7) is 3.36. The van der Waals surface area contributed by atoms with Gasteiger partial charge in [-0.25, -0.2) is 0 Å². The van der Waals surface area contributed by atoms with E-state index in [-0.39, 0.29) is 17.9 Å². The lowest BCUT2D eigenvalue weighted by Crippen LogP contribution is -2.39. The second-order valence-corrected chi connectivity index (χ2v) is 8.48. The number of anilines is 2. The lowest BCUT2D eigenvalue weighted by molar-refractivity contribution is -0.117. The largest absolute Gasteiger partial charge is 0.495 e. The van der Waals surface area contributed by atoms with Crippen LogP contribution in [-0.2, 0) is 11.2 Å². The molecule has 160 valence electrons. The third-order valence-corrected chi connectivity index (χ3v) is 6.53. The number of benzene rings is 2. The molecule has 2 N–H and O–H groups in total. The predicted molar refractivity (Wildman–Crippen MR) is 124 cm³/mol. The van der Waals surface area contributed by atoms with E-state index >= 15 is 0 Å². The molecule has 2 amide bonds. The van der Waals surface area contributed by atoms with Gasteiger partial charge >= 0.3 is 0 Å². The highest BCUT2D eigenvalue weighted by Crippen LogP contribution is 2.32. The number of rotatable bonds is 6. The van der Waals surface area contributed by atoms with E-state index in [1.807, 2.05) is 12.1 Å². The topological polar surface area (TPSA) is 70.7 Å². The normalized spacial score (nSPS) is 15.7. The molecule has 0 saturated heterocycles. The van der Waals surface area contributed by atoms with Gasteiger partial charge in [-0.1, -0.05) is 12.1 Å². The van der Waals surface area contributed by atoms with E-state index in [1.165, 1.54) is 10.4 Å². The summed E-state index contributed by atoms with van der Waals surface area (Å²) >= 11 is 1.79. The number of ether oxygens (including phenoxy) is 1. The Morgan fingerprint density at radius 2 is 1.87 bits per heavy atom. The van der Waals surface area contributed by atoms with Crippen LogP contribution in [0.5, 0.6) is 5.75 Å². The van der Waals surface area contributed by atoms with Crippen molar-refractivity contribution in [3.63, 3.8) is 0 Å². The molecule has 0 spiro atoms. The van der Waals surface area contributed by atoms with Gasteiger partial charge in [-0.3, -0.25) is 14.5 Å². The fraction of sp³-hybridized carbons (Fsp3) is 0.250. The summed E-state index contributed by atoms with van der Waals surface area (Å²) < 4.78 is 5.26. The molecular weight excluding hydrogens is 410 g/mol. The highest BCUT2D eigenvalue weighted by molar-refractivity contribution is 7.10. The Hall–Kier alpha value is -3.16. The van der Waals surface area contributed by atoms with Crippen LogP contribution in [0.2, 0.25) is 0 Å². The summed E-state index contributed by atoms with van der Waals surface area (Å²) in [7, 11) is 1.56. The van der Waals surface area contributed by atoms with Gasteiger partial charge < -0.3 is 15.4 Å². The third kappa shape index (κ3) is 4.78. The number of nitrogens with zero attached hydrogens (tertiary/aromatic N) is 1. The molecule has 1 aliphatic rings. The Morgan fingerprint density at radius 1 is 1.10 bits per heavy atom. The quantitative estimate of drug-likeness (QED) is 0.595. The first-order valence-corrected chi connectivity index (χ1v) is 11.1. The third-order valence-electron chi connectivity index (χ3n) is 5.54.